The van der Waals surface area contributed by atoms with Crippen LogP contribution in [0.5, 0.6) is 0 Å². The first-order valence-electron chi connectivity index (χ1n) is 10.7. The molecule has 0 bridgehead atoms. The van der Waals surface area contributed by atoms with Crippen LogP contribution in [0.4, 0.5) is 0 Å². The van der Waals surface area contributed by atoms with Crippen LogP contribution in [0.3, 0.4) is 0 Å². The molecule has 0 atom stereocenters. The number of Topliss-reactive ketones (excluding diaryl/α,β-unsaturated/α-hetero) is 1. The fraction of sp³-hybridized carbons (Fsp3) is 0.333. The molecule has 1 fully saturated rings. The summed E-state index contributed by atoms with van der Waals surface area (Å²) >= 11 is 0. The minimum Gasteiger partial charge on any atom is -0.467 e. The summed E-state index contributed by atoms with van der Waals surface area (Å²) in [6, 6.07) is 13.6. The number of sulfonamides is 1. The Morgan fingerprint density at radius 2 is 1.79 bits per heavy atom. The lowest BCUT2D eigenvalue weighted by Gasteiger charge is -2.33. The van der Waals surface area contributed by atoms with E-state index in [4.69, 9.17) is 9.68 Å². The molecule has 3 heterocycles. The van der Waals surface area contributed by atoms with Crippen molar-refractivity contribution in [1.82, 2.24) is 13.8 Å². The molecule has 9 heteroatoms. The fourth-order valence-corrected chi connectivity index (χ4v) is 5.57. The molecule has 33 heavy (non-hydrogen) atoms. The lowest BCUT2D eigenvalue weighted by molar-refractivity contribution is 0.0901. The molecular weight excluding hydrogens is 440 g/mol. The number of nitriles is 1. The van der Waals surface area contributed by atoms with E-state index in [1.165, 1.54) is 28.6 Å². The highest BCUT2D eigenvalue weighted by Crippen LogP contribution is 2.21. The van der Waals surface area contributed by atoms with Crippen molar-refractivity contribution >= 4 is 15.8 Å². The Labute approximate surface area is 193 Å². The van der Waals surface area contributed by atoms with Crippen LogP contribution in [0.25, 0.3) is 0 Å². The number of aryl methyl sites for hydroxylation is 1. The van der Waals surface area contributed by atoms with Gasteiger partial charge >= 0.3 is 0 Å². The number of nitrogens with zero attached hydrogens (tertiary/aromatic N) is 4. The summed E-state index contributed by atoms with van der Waals surface area (Å²) in [5, 5.41) is 8.91. The molecule has 1 aliphatic heterocycles. The van der Waals surface area contributed by atoms with Crippen LogP contribution in [0.1, 0.15) is 33.1 Å². The second-order valence-corrected chi connectivity index (χ2v) is 10.1. The maximum absolute atomic E-state index is 13.0. The fourth-order valence-electron chi connectivity index (χ4n) is 4.15. The summed E-state index contributed by atoms with van der Waals surface area (Å²) in [5.41, 5.74) is 2.99. The van der Waals surface area contributed by atoms with E-state index in [-0.39, 0.29) is 17.2 Å². The van der Waals surface area contributed by atoms with Crippen molar-refractivity contribution in [3.63, 3.8) is 0 Å². The van der Waals surface area contributed by atoms with Gasteiger partial charge in [0.1, 0.15) is 5.76 Å². The standard InChI is InChI=1S/C24H26N4O4S/c1-18-14-23(19(2)28(18)16-21-4-3-13-32-21)24(29)17-26-9-11-27(12-10-26)33(30,31)22-7-5-20(15-25)6-8-22/h3-8,13-14H,9-12,16-17H2,1-2H3. The van der Waals surface area contributed by atoms with Gasteiger partial charge in [-0.2, -0.15) is 9.57 Å². The monoisotopic (exact) mass is 466 g/mol. The van der Waals surface area contributed by atoms with Gasteiger partial charge in [-0.15, -0.1) is 0 Å². The van der Waals surface area contributed by atoms with Crippen molar-refractivity contribution in [3.05, 3.63) is 77.0 Å². The van der Waals surface area contributed by atoms with Gasteiger partial charge in [0.2, 0.25) is 10.0 Å². The summed E-state index contributed by atoms with van der Waals surface area (Å²) < 4.78 is 34.7. The Bertz CT molecular complexity index is 1280. The third-order valence-electron chi connectivity index (χ3n) is 6.09. The summed E-state index contributed by atoms with van der Waals surface area (Å²) in [7, 11) is -3.62. The number of benzene rings is 1. The van der Waals surface area contributed by atoms with Crippen molar-refractivity contribution in [2.24, 2.45) is 0 Å². The molecule has 4 rings (SSSR count). The molecule has 0 unspecified atom stereocenters. The second kappa shape index (κ2) is 9.35. The summed E-state index contributed by atoms with van der Waals surface area (Å²) in [4.78, 5) is 15.2. The van der Waals surface area contributed by atoms with E-state index in [0.29, 0.717) is 43.9 Å². The van der Waals surface area contributed by atoms with Gasteiger partial charge in [0.05, 0.1) is 35.9 Å². The van der Waals surface area contributed by atoms with Crippen molar-refractivity contribution in [2.75, 3.05) is 32.7 Å². The van der Waals surface area contributed by atoms with Crippen molar-refractivity contribution < 1.29 is 17.6 Å². The number of hydrogen-bond acceptors (Lipinski definition) is 6. The molecule has 1 saturated heterocycles. The third-order valence-corrected chi connectivity index (χ3v) is 8.00. The van der Waals surface area contributed by atoms with E-state index in [1.54, 1.807) is 6.26 Å². The molecule has 0 spiro atoms. The predicted molar refractivity (Wildman–Crippen MR) is 122 cm³/mol. The number of rotatable bonds is 7. The Morgan fingerprint density at radius 1 is 1.09 bits per heavy atom. The van der Waals surface area contributed by atoms with Crippen LogP contribution in [0, 0.1) is 25.2 Å². The van der Waals surface area contributed by atoms with Gasteiger partial charge in [0.15, 0.2) is 5.78 Å². The number of piperazine rings is 1. The number of furan rings is 1. The van der Waals surface area contributed by atoms with Crippen LogP contribution in [-0.4, -0.2) is 60.7 Å². The number of aromatic nitrogens is 1. The zero-order valence-electron chi connectivity index (χ0n) is 18.7. The van der Waals surface area contributed by atoms with Gasteiger partial charge < -0.3 is 8.98 Å². The molecule has 0 aliphatic carbocycles. The van der Waals surface area contributed by atoms with Gasteiger partial charge in [0.25, 0.3) is 0 Å². The first kappa shape index (κ1) is 23.0. The van der Waals surface area contributed by atoms with Crippen LogP contribution in [0.15, 0.2) is 58.0 Å². The van der Waals surface area contributed by atoms with Gasteiger partial charge in [-0.3, -0.25) is 9.69 Å². The Morgan fingerprint density at radius 3 is 2.39 bits per heavy atom. The van der Waals surface area contributed by atoms with Gasteiger partial charge in [-0.05, 0) is 56.3 Å². The lowest BCUT2D eigenvalue weighted by Crippen LogP contribution is -2.49. The molecule has 3 aromatic rings. The highest BCUT2D eigenvalue weighted by atomic mass is 32.2. The first-order chi connectivity index (χ1) is 15.8. The van der Waals surface area contributed by atoms with E-state index in [2.05, 4.69) is 4.57 Å². The average molecular weight is 467 g/mol. The lowest BCUT2D eigenvalue weighted by atomic mass is 10.1. The molecule has 0 radical (unpaired) electrons. The van der Waals surface area contributed by atoms with Crippen LogP contribution < -0.4 is 0 Å². The molecule has 0 N–H and O–H groups in total. The Kier molecular flexibility index (Phi) is 6.51. The SMILES string of the molecule is Cc1cc(C(=O)CN2CCN(S(=O)(=O)c3ccc(C#N)cc3)CC2)c(C)n1Cc1ccco1. The number of hydrogen-bond donors (Lipinski definition) is 0. The normalized spacial score (nSPS) is 15.4. The summed E-state index contributed by atoms with van der Waals surface area (Å²) in [5.74, 6) is 0.854. The predicted octanol–water partition coefficient (Wildman–Crippen LogP) is 2.81. The van der Waals surface area contributed by atoms with Crippen LogP contribution >= 0.6 is 0 Å². The van der Waals surface area contributed by atoms with Crippen molar-refractivity contribution in [2.45, 2.75) is 25.3 Å². The number of carbonyl (C=O) groups excluding carboxylic acids is 1. The van der Waals surface area contributed by atoms with Gasteiger partial charge in [-0.25, -0.2) is 8.42 Å². The number of carbonyl (C=O) groups is 1. The molecule has 0 amide bonds. The molecule has 2 aromatic heterocycles. The maximum Gasteiger partial charge on any atom is 0.243 e. The smallest absolute Gasteiger partial charge is 0.243 e. The van der Waals surface area contributed by atoms with E-state index in [1.807, 2.05) is 43.0 Å². The third kappa shape index (κ3) is 4.78. The second-order valence-electron chi connectivity index (χ2n) is 8.19. The van der Waals surface area contributed by atoms with Crippen molar-refractivity contribution in [1.29, 1.82) is 5.26 Å². The average Bonchev–Trinajstić information content (AvgIpc) is 3.43. The minimum atomic E-state index is -3.62. The first-order valence-corrected chi connectivity index (χ1v) is 12.2. The molecular formula is C24H26N4O4S. The maximum atomic E-state index is 13.0. The van der Waals surface area contributed by atoms with Crippen molar-refractivity contribution in [3.8, 4) is 6.07 Å². The molecule has 172 valence electrons. The topological polar surface area (TPSA) is 99.5 Å². The van der Waals surface area contributed by atoms with Crippen LogP contribution in [0.2, 0.25) is 0 Å². The summed E-state index contributed by atoms with van der Waals surface area (Å²) in [6.07, 6.45) is 1.64. The minimum absolute atomic E-state index is 0.0252. The van der Waals surface area contributed by atoms with E-state index >= 15 is 0 Å². The molecule has 8 nitrogen and oxygen atoms in total. The highest BCUT2D eigenvalue weighted by molar-refractivity contribution is 7.89. The zero-order chi connectivity index (χ0) is 23.6. The van der Waals surface area contributed by atoms with E-state index in [0.717, 1.165) is 17.1 Å². The zero-order valence-corrected chi connectivity index (χ0v) is 19.5. The Balaban J connectivity index is 1.38. The van der Waals surface area contributed by atoms with Gasteiger partial charge in [0, 0.05) is 43.1 Å². The van der Waals surface area contributed by atoms with Crippen LogP contribution in [-0.2, 0) is 16.6 Å². The quantitative estimate of drug-likeness (QED) is 0.497. The molecule has 0 saturated carbocycles. The van der Waals surface area contributed by atoms with Gasteiger partial charge in [-0.1, -0.05) is 0 Å². The highest BCUT2D eigenvalue weighted by Gasteiger charge is 2.29. The molecule has 1 aliphatic rings. The van der Waals surface area contributed by atoms with E-state index in [9.17, 15) is 13.2 Å². The number of ketones is 1. The Hall–Kier alpha value is -3.19. The summed E-state index contributed by atoms with van der Waals surface area (Å²) in [6.45, 7) is 6.31. The molecule has 1 aromatic carbocycles. The largest absolute Gasteiger partial charge is 0.467 e. The van der Waals surface area contributed by atoms with E-state index < -0.39 is 10.0 Å².